The summed E-state index contributed by atoms with van der Waals surface area (Å²) < 4.78 is 5.51. The average molecular weight is 351 g/mol. The van der Waals surface area contributed by atoms with Gasteiger partial charge in [0.1, 0.15) is 0 Å². The molecule has 2 aliphatic heterocycles. The van der Waals surface area contributed by atoms with Crippen LogP contribution in [-0.2, 0) is 11.2 Å². The van der Waals surface area contributed by atoms with Gasteiger partial charge in [-0.25, -0.2) is 0 Å². The molecular weight excluding hydrogens is 330 g/mol. The normalized spacial score (nSPS) is 18.6. The average Bonchev–Trinajstić information content (AvgIpc) is 3.35. The number of rotatable bonds is 4. The quantitative estimate of drug-likeness (QED) is 0.917. The fourth-order valence-corrected chi connectivity index (χ4v) is 3.50. The third-order valence-electron chi connectivity index (χ3n) is 4.89. The molecule has 4 rings (SSSR count). The Morgan fingerprint density at radius 2 is 2.08 bits per heavy atom. The first-order valence-electron chi connectivity index (χ1n) is 8.97. The summed E-state index contributed by atoms with van der Waals surface area (Å²) in [6, 6.07) is 9.51. The number of benzene rings is 1. The van der Waals surface area contributed by atoms with Gasteiger partial charge in [0.2, 0.25) is 0 Å². The van der Waals surface area contributed by atoms with Crippen molar-refractivity contribution < 1.29 is 14.3 Å². The third-order valence-corrected chi connectivity index (χ3v) is 4.89. The van der Waals surface area contributed by atoms with Crippen LogP contribution in [0.2, 0.25) is 0 Å². The van der Waals surface area contributed by atoms with E-state index in [-0.39, 0.29) is 17.9 Å². The number of amides is 2. The molecule has 1 fully saturated rings. The van der Waals surface area contributed by atoms with Gasteiger partial charge >= 0.3 is 0 Å². The summed E-state index contributed by atoms with van der Waals surface area (Å²) in [7, 11) is 0. The van der Waals surface area contributed by atoms with E-state index in [1.807, 2.05) is 24.3 Å². The van der Waals surface area contributed by atoms with E-state index in [2.05, 4.69) is 10.3 Å². The molecule has 0 spiro atoms. The molecule has 2 aromatic rings. The van der Waals surface area contributed by atoms with Crippen LogP contribution in [0, 0.1) is 0 Å². The van der Waals surface area contributed by atoms with Crippen LogP contribution in [0.25, 0.3) is 0 Å². The number of nitrogens with one attached hydrogen (secondary N) is 1. The summed E-state index contributed by atoms with van der Waals surface area (Å²) >= 11 is 0. The summed E-state index contributed by atoms with van der Waals surface area (Å²) in [6.45, 7) is 1.88. The molecule has 1 aromatic heterocycles. The van der Waals surface area contributed by atoms with Crippen LogP contribution < -0.4 is 10.2 Å². The van der Waals surface area contributed by atoms with Gasteiger partial charge in [0.25, 0.3) is 11.8 Å². The van der Waals surface area contributed by atoms with Gasteiger partial charge in [0.15, 0.2) is 0 Å². The zero-order valence-electron chi connectivity index (χ0n) is 14.5. The highest BCUT2D eigenvalue weighted by Crippen LogP contribution is 2.28. The van der Waals surface area contributed by atoms with Crippen molar-refractivity contribution >= 4 is 17.5 Å². The van der Waals surface area contributed by atoms with Crippen molar-refractivity contribution in [3.63, 3.8) is 0 Å². The second-order valence-electron chi connectivity index (χ2n) is 6.64. The Balaban J connectivity index is 1.47. The van der Waals surface area contributed by atoms with Gasteiger partial charge in [0.05, 0.1) is 17.2 Å². The van der Waals surface area contributed by atoms with Gasteiger partial charge in [-0.05, 0) is 37.0 Å². The molecule has 3 heterocycles. The minimum absolute atomic E-state index is 0.0813. The molecule has 2 aliphatic rings. The second-order valence-corrected chi connectivity index (χ2v) is 6.64. The van der Waals surface area contributed by atoms with Crippen molar-refractivity contribution in [1.82, 2.24) is 10.3 Å². The van der Waals surface area contributed by atoms with E-state index in [0.29, 0.717) is 24.2 Å². The smallest absolute Gasteiger partial charge is 0.259 e. The number of para-hydroxylation sites is 1. The van der Waals surface area contributed by atoms with Gasteiger partial charge in [0, 0.05) is 37.8 Å². The lowest BCUT2D eigenvalue weighted by molar-refractivity contribution is 0.0857. The van der Waals surface area contributed by atoms with Crippen LogP contribution in [0.4, 0.5) is 5.69 Å². The summed E-state index contributed by atoms with van der Waals surface area (Å²) in [6.07, 6.45) is 5.92. The van der Waals surface area contributed by atoms with Crippen molar-refractivity contribution in [3.05, 3.63) is 59.4 Å². The topological polar surface area (TPSA) is 71.5 Å². The van der Waals surface area contributed by atoms with Crippen LogP contribution in [-0.4, -0.2) is 42.6 Å². The van der Waals surface area contributed by atoms with Gasteiger partial charge < -0.3 is 15.0 Å². The number of nitrogens with zero attached hydrogens (tertiary/aromatic N) is 2. The molecule has 1 atom stereocenters. The molecular formula is C20H21N3O3. The number of ether oxygens (including phenoxy) is 1. The number of fused-ring (bicyclic) bond motifs is 1. The predicted molar refractivity (Wildman–Crippen MR) is 97.4 cm³/mol. The molecule has 0 radical (unpaired) electrons. The molecule has 1 saturated heterocycles. The molecule has 1 N–H and O–H groups in total. The Bertz CT molecular complexity index is 831. The summed E-state index contributed by atoms with van der Waals surface area (Å²) in [5.41, 5.74) is 2.91. The summed E-state index contributed by atoms with van der Waals surface area (Å²) in [5, 5.41) is 2.86. The Morgan fingerprint density at radius 3 is 2.92 bits per heavy atom. The van der Waals surface area contributed by atoms with Crippen LogP contribution in [0.15, 0.2) is 42.7 Å². The number of hydrogen-bond donors (Lipinski definition) is 1. The van der Waals surface area contributed by atoms with Crippen molar-refractivity contribution in [2.75, 3.05) is 24.6 Å². The number of pyridine rings is 1. The lowest BCUT2D eigenvalue weighted by Crippen LogP contribution is -2.32. The number of anilines is 1. The maximum atomic E-state index is 12.9. The van der Waals surface area contributed by atoms with E-state index in [1.165, 1.54) is 18.0 Å². The minimum atomic E-state index is -0.232. The molecule has 134 valence electrons. The van der Waals surface area contributed by atoms with Crippen molar-refractivity contribution in [2.45, 2.75) is 25.4 Å². The van der Waals surface area contributed by atoms with Crippen molar-refractivity contribution in [2.24, 2.45) is 0 Å². The van der Waals surface area contributed by atoms with Crippen molar-refractivity contribution in [1.29, 1.82) is 0 Å². The summed E-state index contributed by atoms with van der Waals surface area (Å²) in [4.78, 5) is 31.1. The predicted octanol–water partition coefficient (Wildman–Crippen LogP) is 2.19. The molecule has 6 nitrogen and oxygen atoms in total. The van der Waals surface area contributed by atoms with Gasteiger partial charge in [-0.2, -0.15) is 0 Å². The lowest BCUT2D eigenvalue weighted by Gasteiger charge is -2.17. The molecule has 0 aliphatic carbocycles. The van der Waals surface area contributed by atoms with E-state index >= 15 is 0 Å². The second kappa shape index (κ2) is 7.25. The highest BCUT2D eigenvalue weighted by atomic mass is 16.5. The van der Waals surface area contributed by atoms with Gasteiger partial charge in [-0.1, -0.05) is 18.2 Å². The van der Waals surface area contributed by atoms with E-state index < -0.39 is 0 Å². The fraction of sp³-hybridized carbons (Fsp3) is 0.350. The Kier molecular flexibility index (Phi) is 4.67. The molecule has 0 bridgehead atoms. The number of aromatic nitrogens is 1. The molecule has 6 heteroatoms. The van der Waals surface area contributed by atoms with Crippen LogP contribution in [0.3, 0.4) is 0 Å². The highest BCUT2D eigenvalue weighted by Gasteiger charge is 2.26. The monoisotopic (exact) mass is 351 g/mol. The zero-order valence-corrected chi connectivity index (χ0v) is 14.5. The largest absolute Gasteiger partial charge is 0.376 e. The lowest BCUT2D eigenvalue weighted by atomic mass is 10.1. The first-order chi connectivity index (χ1) is 12.7. The zero-order chi connectivity index (χ0) is 17.9. The Hall–Kier alpha value is -2.73. The highest BCUT2D eigenvalue weighted by molar-refractivity contribution is 6.08. The first kappa shape index (κ1) is 16.7. The number of hydrogen-bond acceptors (Lipinski definition) is 4. The van der Waals surface area contributed by atoms with Gasteiger partial charge in [-0.3, -0.25) is 14.6 Å². The van der Waals surface area contributed by atoms with Crippen molar-refractivity contribution in [3.8, 4) is 0 Å². The molecule has 2 amide bonds. The minimum Gasteiger partial charge on any atom is -0.376 e. The van der Waals surface area contributed by atoms with Crippen LogP contribution in [0.1, 0.15) is 39.1 Å². The number of carbonyl (C=O) groups excluding carboxylic acids is 2. The van der Waals surface area contributed by atoms with E-state index in [4.69, 9.17) is 4.74 Å². The number of carbonyl (C=O) groups is 2. The Labute approximate surface area is 152 Å². The maximum absolute atomic E-state index is 12.9. The Morgan fingerprint density at radius 1 is 1.23 bits per heavy atom. The molecule has 1 unspecified atom stereocenters. The van der Waals surface area contributed by atoms with E-state index in [0.717, 1.165) is 31.6 Å². The molecule has 1 aromatic carbocycles. The third kappa shape index (κ3) is 3.32. The van der Waals surface area contributed by atoms with E-state index in [9.17, 15) is 9.59 Å². The van der Waals surface area contributed by atoms with Gasteiger partial charge in [-0.15, -0.1) is 0 Å². The molecule has 0 saturated carbocycles. The fourth-order valence-electron chi connectivity index (χ4n) is 3.50. The SMILES string of the molecule is O=C(NCC1CCCO1)c1cncc(C(=O)N2CCc3ccccc32)c1. The van der Waals surface area contributed by atoms with E-state index in [1.54, 1.807) is 11.0 Å². The maximum Gasteiger partial charge on any atom is 0.259 e. The standard InChI is InChI=1S/C20H21N3O3/c24-19(22-13-17-5-3-9-26-17)15-10-16(12-21-11-15)20(25)23-8-7-14-4-1-2-6-18(14)23/h1-2,4,6,10-12,17H,3,5,7-9,13H2,(H,22,24). The van der Waals surface area contributed by atoms with Crippen LogP contribution in [0.5, 0.6) is 0 Å². The molecule has 26 heavy (non-hydrogen) atoms. The summed E-state index contributed by atoms with van der Waals surface area (Å²) in [5.74, 6) is -0.360. The van der Waals surface area contributed by atoms with Crippen LogP contribution >= 0.6 is 0 Å². The first-order valence-corrected chi connectivity index (χ1v) is 8.97.